The second-order valence-electron chi connectivity index (χ2n) is 3.90. The predicted molar refractivity (Wildman–Crippen MR) is 57.0 cm³/mol. The zero-order valence-electron chi connectivity index (χ0n) is 8.84. The minimum absolute atomic E-state index is 0.521. The fourth-order valence-corrected chi connectivity index (χ4v) is 1.46. The van der Waals surface area contributed by atoms with E-state index >= 15 is 0 Å². The van der Waals surface area contributed by atoms with Gasteiger partial charge in [-0.25, -0.2) is 0 Å². The third kappa shape index (κ3) is 1.86. The van der Waals surface area contributed by atoms with Crippen molar-refractivity contribution >= 4 is 5.69 Å². The largest absolute Gasteiger partial charge is 0.394 e. The number of hydrogen-bond acceptors (Lipinski definition) is 4. The molecule has 0 saturated carbocycles. The number of nitrogens with two attached hydrogens (primary N) is 1. The van der Waals surface area contributed by atoms with E-state index < -0.39 is 0 Å². The molecule has 2 rings (SSSR count). The van der Waals surface area contributed by atoms with E-state index in [1.54, 1.807) is 6.20 Å². The summed E-state index contributed by atoms with van der Waals surface area (Å²) in [6, 6.07) is 1.87. The number of nitrogens with zero attached hydrogens (tertiary/aromatic N) is 3. The van der Waals surface area contributed by atoms with Crippen LogP contribution in [-0.4, -0.2) is 14.9 Å². The number of hydrogen-bond donors (Lipinski definition) is 1. The van der Waals surface area contributed by atoms with E-state index in [9.17, 15) is 0 Å². The van der Waals surface area contributed by atoms with Crippen LogP contribution in [0.3, 0.4) is 0 Å². The molecule has 2 N–H and O–H groups in total. The lowest BCUT2D eigenvalue weighted by Crippen LogP contribution is -2.07. The minimum Gasteiger partial charge on any atom is -0.394 e. The zero-order chi connectivity index (χ0) is 10.8. The van der Waals surface area contributed by atoms with Gasteiger partial charge in [-0.3, -0.25) is 4.68 Å². The zero-order valence-corrected chi connectivity index (χ0v) is 8.84. The van der Waals surface area contributed by atoms with E-state index in [2.05, 4.69) is 24.1 Å². The molecular weight excluding hydrogens is 192 g/mol. The van der Waals surface area contributed by atoms with E-state index in [-0.39, 0.29) is 0 Å². The van der Waals surface area contributed by atoms with Crippen molar-refractivity contribution in [3.8, 4) is 11.5 Å². The van der Waals surface area contributed by atoms with E-state index in [1.807, 2.05) is 10.7 Å². The molecule has 5 nitrogen and oxygen atoms in total. The molecular formula is C10H14N4O. The Balaban J connectivity index is 2.37. The smallest absolute Gasteiger partial charge is 0.207 e. The van der Waals surface area contributed by atoms with Gasteiger partial charge in [0.25, 0.3) is 0 Å². The topological polar surface area (TPSA) is 69.9 Å². The number of rotatable bonds is 3. The maximum Gasteiger partial charge on any atom is 0.207 e. The molecule has 0 aliphatic carbocycles. The van der Waals surface area contributed by atoms with Gasteiger partial charge in [-0.2, -0.15) is 5.10 Å². The summed E-state index contributed by atoms with van der Waals surface area (Å²) in [5, 5.41) is 7.88. The number of anilines is 1. The van der Waals surface area contributed by atoms with Gasteiger partial charge >= 0.3 is 0 Å². The minimum atomic E-state index is 0.521. The highest BCUT2D eigenvalue weighted by Gasteiger charge is 2.13. The molecule has 0 aromatic carbocycles. The van der Waals surface area contributed by atoms with Crippen LogP contribution < -0.4 is 5.73 Å². The molecule has 0 unspecified atom stereocenters. The van der Waals surface area contributed by atoms with E-state index in [0.29, 0.717) is 17.4 Å². The normalized spacial score (nSPS) is 11.1. The van der Waals surface area contributed by atoms with E-state index in [1.165, 1.54) is 6.20 Å². The molecule has 0 radical (unpaired) electrons. The molecule has 0 atom stereocenters. The summed E-state index contributed by atoms with van der Waals surface area (Å²) in [4.78, 5) is 0. The first-order valence-corrected chi connectivity index (χ1v) is 4.91. The van der Waals surface area contributed by atoms with Gasteiger partial charge in [0.2, 0.25) is 5.76 Å². The Kier molecular flexibility index (Phi) is 2.45. The van der Waals surface area contributed by atoms with Gasteiger partial charge in [0.05, 0.1) is 6.20 Å². The highest BCUT2D eigenvalue weighted by atomic mass is 16.5. The molecule has 0 fully saturated rings. The Morgan fingerprint density at radius 3 is 2.93 bits per heavy atom. The van der Waals surface area contributed by atoms with Crippen LogP contribution in [0.15, 0.2) is 23.0 Å². The monoisotopic (exact) mass is 206 g/mol. The maximum atomic E-state index is 5.73. The van der Waals surface area contributed by atoms with Gasteiger partial charge < -0.3 is 10.3 Å². The summed E-state index contributed by atoms with van der Waals surface area (Å²) in [6.07, 6.45) is 3.24. The van der Waals surface area contributed by atoms with Gasteiger partial charge in [0.15, 0.2) is 0 Å². The summed E-state index contributed by atoms with van der Waals surface area (Å²) in [7, 11) is 0. The first kappa shape index (κ1) is 9.76. The lowest BCUT2D eigenvalue weighted by molar-refractivity contribution is 0.422. The Hall–Kier alpha value is -1.78. The van der Waals surface area contributed by atoms with E-state index in [0.717, 1.165) is 12.2 Å². The van der Waals surface area contributed by atoms with Gasteiger partial charge in [0, 0.05) is 12.7 Å². The van der Waals surface area contributed by atoms with Crippen LogP contribution in [0.4, 0.5) is 5.69 Å². The van der Waals surface area contributed by atoms with Crippen LogP contribution >= 0.6 is 0 Å². The van der Waals surface area contributed by atoms with Gasteiger partial charge in [0.1, 0.15) is 11.4 Å². The molecule has 0 spiro atoms. The summed E-state index contributed by atoms with van der Waals surface area (Å²) in [6.45, 7) is 5.10. The standard InChI is InChI=1S/C10H14N4O/c1-7(2)6-14-9(3-4-12-14)10-8(11)5-13-15-10/h3-5,7H,6,11H2,1-2H3. The molecule has 15 heavy (non-hydrogen) atoms. The van der Waals surface area contributed by atoms with Crippen molar-refractivity contribution < 1.29 is 4.52 Å². The predicted octanol–water partition coefficient (Wildman–Crippen LogP) is 1.78. The lowest BCUT2D eigenvalue weighted by atomic mass is 10.2. The SMILES string of the molecule is CC(C)Cn1nccc1-c1oncc1N. The van der Waals surface area contributed by atoms with Crippen molar-refractivity contribution in [1.82, 2.24) is 14.9 Å². The second kappa shape index (κ2) is 3.76. The van der Waals surface area contributed by atoms with Crippen molar-refractivity contribution in [2.45, 2.75) is 20.4 Å². The number of aromatic nitrogens is 3. The first-order chi connectivity index (χ1) is 7.18. The van der Waals surface area contributed by atoms with Crippen molar-refractivity contribution in [1.29, 1.82) is 0 Å². The van der Waals surface area contributed by atoms with Crippen LogP contribution in [0.1, 0.15) is 13.8 Å². The third-order valence-electron chi connectivity index (χ3n) is 2.09. The summed E-state index contributed by atoms with van der Waals surface area (Å²) < 4.78 is 6.97. The Bertz CT molecular complexity index is 444. The number of nitrogen functional groups attached to an aromatic ring is 1. The fourth-order valence-electron chi connectivity index (χ4n) is 1.46. The van der Waals surface area contributed by atoms with Gasteiger partial charge in [-0.1, -0.05) is 19.0 Å². The highest BCUT2D eigenvalue weighted by Crippen LogP contribution is 2.25. The van der Waals surface area contributed by atoms with Crippen molar-refractivity contribution in [2.24, 2.45) is 5.92 Å². The molecule has 0 bridgehead atoms. The molecule has 0 aliphatic heterocycles. The summed E-state index contributed by atoms with van der Waals surface area (Å²) in [5.74, 6) is 1.11. The Morgan fingerprint density at radius 1 is 1.53 bits per heavy atom. The molecule has 80 valence electrons. The molecule has 0 aliphatic rings. The molecule has 2 aromatic rings. The summed E-state index contributed by atoms with van der Waals surface area (Å²) in [5.41, 5.74) is 7.15. The molecule has 0 saturated heterocycles. The molecule has 2 aromatic heterocycles. The van der Waals surface area contributed by atoms with Crippen LogP contribution in [-0.2, 0) is 6.54 Å². The Labute approximate surface area is 87.9 Å². The van der Waals surface area contributed by atoms with Crippen LogP contribution in [0, 0.1) is 5.92 Å². The second-order valence-corrected chi connectivity index (χ2v) is 3.90. The molecule has 5 heteroatoms. The van der Waals surface area contributed by atoms with Crippen LogP contribution in [0.25, 0.3) is 11.5 Å². The lowest BCUT2D eigenvalue weighted by Gasteiger charge is -2.07. The van der Waals surface area contributed by atoms with E-state index in [4.69, 9.17) is 10.3 Å². The van der Waals surface area contributed by atoms with Crippen LogP contribution in [0.5, 0.6) is 0 Å². The average molecular weight is 206 g/mol. The van der Waals surface area contributed by atoms with Gasteiger partial charge in [-0.05, 0) is 12.0 Å². The fraction of sp³-hybridized carbons (Fsp3) is 0.400. The first-order valence-electron chi connectivity index (χ1n) is 4.91. The molecule has 0 amide bonds. The van der Waals surface area contributed by atoms with Crippen molar-refractivity contribution in [3.63, 3.8) is 0 Å². The molecule has 2 heterocycles. The van der Waals surface area contributed by atoms with Crippen LogP contribution in [0.2, 0.25) is 0 Å². The quantitative estimate of drug-likeness (QED) is 0.830. The Morgan fingerprint density at radius 2 is 2.33 bits per heavy atom. The van der Waals surface area contributed by atoms with Crippen molar-refractivity contribution in [2.75, 3.05) is 5.73 Å². The van der Waals surface area contributed by atoms with Crippen molar-refractivity contribution in [3.05, 3.63) is 18.5 Å². The van der Waals surface area contributed by atoms with Gasteiger partial charge in [-0.15, -0.1) is 0 Å². The average Bonchev–Trinajstić information content (AvgIpc) is 2.73. The maximum absolute atomic E-state index is 5.73. The third-order valence-corrected chi connectivity index (χ3v) is 2.09. The summed E-state index contributed by atoms with van der Waals surface area (Å²) >= 11 is 0. The highest BCUT2D eigenvalue weighted by molar-refractivity contribution is 5.66.